The lowest BCUT2D eigenvalue weighted by molar-refractivity contribution is -0.144. The first-order chi connectivity index (χ1) is 8.55. The molecule has 3 rings (SSSR count). The first-order valence-electron chi connectivity index (χ1n) is 5.65. The summed E-state index contributed by atoms with van der Waals surface area (Å²) >= 11 is 0. The topological polar surface area (TPSA) is 83.8 Å². The molecule has 2 saturated carbocycles. The van der Waals surface area contributed by atoms with Crippen LogP contribution in [0.5, 0.6) is 5.75 Å². The van der Waals surface area contributed by atoms with E-state index in [1.54, 1.807) is 31.4 Å². The van der Waals surface area contributed by atoms with Gasteiger partial charge in [0.05, 0.1) is 18.9 Å². The van der Waals surface area contributed by atoms with Gasteiger partial charge in [0, 0.05) is 5.41 Å². The molecule has 0 unspecified atom stereocenters. The second kappa shape index (κ2) is 3.25. The highest BCUT2D eigenvalue weighted by Gasteiger charge is 2.92. The Balaban J connectivity index is 1.93. The van der Waals surface area contributed by atoms with Crippen LogP contribution in [-0.2, 0) is 15.0 Å². The Hall–Kier alpha value is -2.04. The summed E-state index contributed by atoms with van der Waals surface area (Å²) < 4.78 is 5.03. The summed E-state index contributed by atoms with van der Waals surface area (Å²) in [5, 5.41) is 18.1. The normalized spacial score (nSPS) is 35.5. The van der Waals surface area contributed by atoms with E-state index in [9.17, 15) is 9.59 Å². The summed E-state index contributed by atoms with van der Waals surface area (Å²) in [4.78, 5) is 22.1. The van der Waals surface area contributed by atoms with Crippen LogP contribution in [0, 0.1) is 17.8 Å². The van der Waals surface area contributed by atoms with Crippen LogP contribution >= 0.6 is 0 Å². The van der Waals surface area contributed by atoms with Crippen molar-refractivity contribution in [3.05, 3.63) is 29.8 Å². The average Bonchev–Trinajstić information content (AvgIpc) is 3.15. The first kappa shape index (κ1) is 11.1. The number of rotatable bonds is 4. The number of ether oxygens (including phenoxy) is 1. The van der Waals surface area contributed by atoms with Crippen LogP contribution in [0.2, 0.25) is 0 Å². The van der Waals surface area contributed by atoms with Gasteiger partial charge in [-0.2, -0.15) is 0 Å². The summed E-state index contributed by atoms with van der Waals surface area (Å²) in [7, 11) is 1.55. The molecule has 0 amide bonds. The zero-order valence-electron chi connectivity index (χ0n) is 9.66. The average molecular weight is 248 g/mol. The molecule has 5 nitrogen and oxygen atoms in total. The van der Waals surface area contributed by atoms with E-state index in [-0.39, 0.29) is 5.92 Å². The van der Waals surface area contributed by atoms with Crippen molar-refractivity contribution in [2.75, 3.05) is 7.11 Å². The highest BCUT2D eigenvalue weighted by Crippen LogP contribution is 2.83. The molecule has 94 valence electrons. The number of methoxy groups -OCH3 is 1. The summed E-state index contributed by atoms with van der Waals surface area (Å²) in [5.74, 6) is -2.49. The molecule has 0 radical (unpaired) electrons. The first-order valence-corrected chi connectivity index (χ1v) is 5.65. The fraction of sp³-hybridized carbons (Fsp3) is 0.385. The summed E-state index contributed by atoms with van der Waals surface area (Å²) in [6.45, 7) is 0. The van der Waals surface area contributed by atoms with Crippen LogP contribution in [0.25, 0.3) is 0 Å². The van der Waals surface area contributed by atoms with Gasteiger partial charge < -0.3 is 14.9 Å². The van der Waals surface area contributed by atoms with Gasteiger partial charge in [0.2, 0.25) is 0 Å². The Morgan fingerprint density at radius 1 is 1.11 bits per heavy atom. The van der Waals surface area contributed by atoms with Crippen molar-refractivity contribution in [2.45, 2.75) is 5.41 Å². The fourth-order valence-corrected chi connectivity index (χ4v) is 3.28. The lowest BCUT2D eigenvalue weighted by Crippen LogP contribution is -2.25. The van der Waals surface area contributed by atoms with Crippen molar-refractivity contribution in [3.63, 3.8) is 0 Å². The Morgan fingerprint density at radius 3 is 2.00 bits per heavy atom. The van der Waals surface area contributed by atoms with E-state index < -0.39 is 29.2 Å². The van der Waals surface area contributed by atoms with Gasteiger partial charge in [-0.15, -0.1) is 0 Å². The van der Waals surface area contributed by atoms with Gasteiger partial charge in [-0.3, -0.25) is 9.59 Å². The predicted molar refractivity (Wildman–Crippen MR) is 60.4 cm³/mol. The lowest BCUT2D eigenvalue weighted by Gasteiger charge is -2.14. The molecule has 5 heteroatoms. The van der Waals surface area contributed by atoms with Crippen LogP contribution in [-0.4, -0.2) is 29.3 Å². The monoisotopic (exact) mass is 248 g/mol. The van der Waals surface area contributed by atoms with E-state index in [0.717, 1.165) is 5.56 Å². The van der Waals surface area contributed by atoms with E-state index in [2.05, 4.69) is 0 Å². The summed E-state index contributed by atoms with van der Waals surface area (Å²) in [5.41, 5.74) is 0.109. The second-order valence-electron chi connectivity index (χ2n) is 4.82. The number of fused-ring (bicyclic) bond motifs is 1. The zero-order valence-corrected chi connectivity index (χ0v) is 9.66. The van der Waals surface area contributed by atoms with E-state index in [1.807, 2.05) is 0 Å². The minimum atomic E-state index is -0.909. The molecule has 1 aromatic rings. The number of hydrogen-bond acceptors (Lipinski definition) is 3. The molecular formula is C13H12O5. The molecule has 0 aliphatic heterocycles. The molecule has 0 heterocycles. The van der Waals surface area contributed by atoms with E-state index in [1.165, 1.54) is 0 Å². The van der Waals surface area contributed by atoms with Crippen molar-refractivity contribution in [1.29, 1.82) is 0 Å². The maximum Gasteiger partial charge on any atom is 0.307 e. The Bertz CT molecular complexity index is 511. The number of carboxylic acid groups (broad SMARTS) is 2. The molecule has 18 heavy (non-hydrogen) atoms. The Labute approximate surface area is 103 Å². The van der Waals surface area contributed by atoms with Crippen LogP contribution in [0.3, 0.4) is 0 Å². The molecule has 1 aromatic carbocycles. The molecule has 0 bridgehead atoms. The minimum absolute atomic E-state index is 0.249. The lowest BCUT2D eigenvalue weighted by atomic mass is 9.90. The van der Waals surface area contributed by atoms with Crippen LogP contribution in [0.15, 0.2) is 24.3 Å². The van der Waals surface area contributed by atoms with Crippen molar-refractivity contribution >= 4 is 11.9 Å². The molecule has 2 fully saturated rings. The number of aliphatic carboxylic acids is 2. The van der Waals surface area contributed by atoms with E-state index in [4.69, 9.17) is 14.9 Å². The van der Waals surface area contributed by atoms with Gasteiger partial charge in [0.1, 0.15) is 5.75 Å². The van der Waals surface area contributed by atoms with Gasteiger partial charge in [0.15, 0.2) is 0 Å². The molecule has 2 aliphatic rings. The molecule has 2 aliphatic carbocycles. The fourth-order valence-electron chi connectivity index (χ4n) is 3.28. The largest absolute Gasteiger partial charge is 0.497 e. The molecule has 0 spiro atoms. The van der Waals surface area contributed by atoms with Gasteiger partial charge in [-0.25, -0.2) is 0 Å². The summed E-state index contributed by atoms with van der Waals surface area (Å²) in [6.07, 6.45) is 0. The minimum Gasteiger partial charge on any atom is -0.497 e. The number of carbonyl (C=O) groups is 2. The van der Waals surface area contributed by atoms with Gasteiger partial charge in [0.25, 0.3) is 0 Å². The molecule has 2 atom stereocenters. The van der Waals surface area contributed by atoms with Crippen molar-refractivity contribution in [1.82, 2.24) is 0 Å². The predicted octanol–water partition coefficient (Wildman–Crippen LogP) is 0.978. The van der Waals surface area contributed by atoms with E-state index >= 15 is 0 Å². The van der Waals surface area contributed by atoms with Gasteiger partial charge in [-0.05, 0) is 23.6 Å². The van der Waals surface area contributed by atoms with Crippen molar-refractivity contribution in [2.24, 2.45) is 17.8 Å². The number of benzene rings is 1. The van der Waals surface area contributed by atoms with Crippen molar-refractivity contribution in [3.8, 4) is 5.75 Å². The van der Waals surface area contributed by atoms with Gasteiger partial charge >= 0.3 is 11.9 Å². The standard InChI is InChI=1S/C13H12O5/c1-18-7-4-2-6(3-5-7)13-8(9(13)11(14)15)10(13)12(16)17/h2-5,8-10H,1H3,(H,14,15)(H,16,17)/t8?,9-,10-,13?/m0/s1. The molecule has 2 N–H and O–H groups in total. The molecule has 0 saturated heterocycles. The quantitative estimate of drug-likeness (QED) is 0.829. The molecular weight excluding hydrogens is 236 g/mol. The summed E-state index contributed by atoms with van der Waals surface area (Å²) in [6, 6.07) is 6.99. The maximum absolute atomic E-state index is 11.1. The number of hydrogen-bond donors (Lipinski definition) is 2. The van der Waals surface area contributed by atoms with Gasteiger partial charge in [-0.1, -0.05) is 12.1 Å². The maximum atomic E-state index is 11.1. The van der Waals surface area contributed by atoms with Crippen LogP contribution < -0.4 is 4.74 Å². The van der Waals surface area contributed by atoms with Crippen molar-refractivity contribution < 1.29 is 24.5 Å². The third-order valence-electron chi connectivity index (χ3n) is 4.20. The SMILES string of the molecule is COc1ccc(C23C([C@H]2C(=O)O)[C@H]3C(=O)O)cc1. The van der Waals surface area contributed by atoms with Crippen LogP contribution in [0.4, 0.5) is 0 Å². The van der Waals surface area contributed by atoms with E-state index in [0.29, 0.717) is 5.75 Å². The zero-order chi connectivity index (χ0) is 13.1. The Kier molecular flexibility index (Phi) is 2.00. The second-order valence-corrected chi connectivity index (χ2v) is 4.82. The third-order valence-corrected chi connectivity index (χ3v) is 4.20. The highest BCUT2D eigenvalue weighted by molar-refractivity contribution is 5.92. The van der Waals surface area contributed by atoms with Crippen LogP contribution in [0.1, 0.15) is 5.56 Å². The molecule has 0 aromatic heterocycles. The highest BCUT2D eigenvalue weighted by atomic mass is 16.5. The smallest absolute Gasteiger partial charge is 0.307 e. The number of carboxylic acids is 2. The Morgan fingerprint density at radius 2 is 1.61 bits per heavy atom. The third kappa shape index (κ3) is 1.11.